The first kappa shape index (κ1) is 21.9. The first-order valence-corrected chi connectivity index (χ1v) is 11.3. The fraction of sp³-hybridized carbons (Fsp3) is 0.360. The number of carbonyl (C=O) groups is 1. The Morgan fingerprint density at radius 3 is 2.88 bits per heavy atom. The number of nitrogens with one attached hydrogen (secondary N) is 3. The summed E-state index contributed by atoms with van der Waals surface area (Å²) in [6.45, 7) is 5.55. The standard InChI is InChI=1S/C25H30FN5O/c1-2-27-25(28-11-10-20-16-29-23-9-8-21(26)14-22(20)23)30-15-18-5-3-6-19(13-18)17-31-12-4-7-24(31)32/h3,5-6,8-9,13-14,16,29H,2,4,7,10-12,15,17H2,1H3,(H2,27,28,30). The van der Waals surface area contributed by atoms with E-state index >= 15 is 0 Å². The third-order valence-corrected chi connectivity index (χ3v) is 5.72. The van der Waals surface area contributed by atoms with Crippen molar-refractivity contribution in [2.45, 2.75) is 39.3 Å². The highest BCUT2D eigenvalue weighted by Gasteiger charge is 2.19. The van der Waals surface area contributed by atoms with Crippen molar-refractivity contribution in [2.24, 2.45) is 4.99 Å². The van der Waals surface area contributed by atoms with Crippen LogP contribution in [0.3, 0.4) is 0 Å². The predicted octanol–water partition coefficient (Wildman–Crippen LogP) is 3.73. The maximum absolute atomic E-state index is 13.6. The van der Waals surface area contributed by atoms with Gasteiger partial charge in [0.15, 0.2) is 5.96 Å². The molecule has 32 heavy (non-hydrogen) atoms. The largest absolute Gasteiger partial charge is 0.361 e. The lowest BCUT2D eigenvalue weighted by atomic mass is 10.1. The van der Waals surface area contributed by atoms with Crippen molar-refractivity contribution in [2.75, 3.05) is 19.6 Å². The zero-order valence-electron chi connectivity index (χ0n) is 18.5. The number of aromatic amines is 1. The molecule has 6 nitrogen and oxygen atoms in total. The summed E-state index contributed by atoms with van der Waals surface area (Å²) in [5.74, 6) is 0.765. The molecular weight excluding hydrogens is 405 g/mol. The van der Waals surface area contributed by atoms with Crippen LogP contribution in [0.25, 0.3) is 10.9 Å². The van der Waals surface area contributed by atoms with E-state index < -0.39 is 0 Å². The topological polar surface area (TPSA) is 72.5 Å². The number of benzene rings is 2. The molecule has 1 amide bonds. The third kappa shape index (κ3) is 5.46. The minimum Gasteiger partial charge on any atom is -0.361 e. The molecule has 0 bridgehead atoms. The summed E-state index contributed by atoms with van der Waals surface area (Å²) in [5, 5.41) is 7.56. The van der Waals surface area contributed by atoms with Gasteiger partial charge in [0.2, 0.25) is 5.91 Å². The molecule has 0 aliphatic carbocycles. The number of amides is 1. The summed E-state index contributed by atoms with van der Waals surface area (Å²) in [5.41, 5.74) is 4.26. The normalized spacial score (nSPS) is 14.4. The van der Waals surface area contributed by atoms with Crippen LogP contribution in [0.5, 0.6) is 0 Å². The van der Waals surface area contributed by atoms with E-state index in [2.05, 4.69) is 33.8 Å². The molecule has 0 atom stereocenters. The van der Waals surface area contributed by atoms with Crippen LogP contribution in [-0.2, 0) is 24.3 Å². The van der Waals surface area contributed by atoms with Gasteiger partial charge in [-0.25, -0.2) is 9.38 Å². The molecule has 4 rings (SSSR count). The Labute approximate surface area is 187 Å². The van der Waals surface area contributed by atoms with Gasteiger partial charge in [-0.2, -0.15) is 0 Å². The molecule has 1 fully saturated rings. The van der Waals surface area contributed by atoms with Crippen LogP contribution in [0.15, 0.2) is 53.7 Å². The molecule has 2 aromatic carbocycles. The zero-order valence-corrected chi connectivity index (χ0v) is 18.5. The van der Waals surface area contributed by atoms with Crippen LogP contribution in [0.2, 0.25) is 0 Å². The second kappa shape index (κ2) is 10.3. The molecule has 1 saturated heterocycles. The molecule has 1 aliphatic heterocycles. The Balaban J connectivity index is 1.35. The molecule has 3 N–H and O–H groups in total. The Morgan fingerprint density at radius 1 is 1.19 bits per heavy atom. The fourth-order valence-electron chi connectivity index (χ4n) is 4.10. The van der Waals surface area contributed by atoms with Crippen molar-refractivity contribution in [1.29, 1.82) is 0 Å². The molecule has 0 saturated carbocycles. The molecule has 3 aromatic rings. The van der Waals surface area contributed by atoms with Crippen molar-refractivity contribution in [1.82, 2.24) is 20.5 Å². The molecule has 0 unspecified atom stereocenters. The number of likely N-dealkylation sites (tertiary alicyclic amines) is 1. The van der Waals surface area contributed by atoms with Crippen LogP contribution in [0.4, 0.5) is 4.39 Å². The van der Waals surface area contributed by atoms with Crippen molar-refractivity contribution in [3.05, 3.63) is 71.2 Å². The van der Waals surface area contributed by atoms with Gasteiger partial charge in [-0.15, -0.1) is 0 Å². The van der Waals surface area contributed by atoms with E-state index in [0.717, 1.165) is 59.5 Å². The van der Waals surface area contributed by atoms with E-state index in [-0.39, 0.29) is 11.7 Å². The molecule has 0 radical (unpaired) electrons. The van der Waals surface area contributed by atoms with E-state index in [4.69, 9.17) is 4.99 Å². The van der Waals surface area contributed by atoms with Crippen LogP contribution < -0.4 is 10.6 Å². The number of guanidine groups is 1. The number of hydrogen-bond donors (Lipinski definition) is 3. The quantitative estimate of drug-likeness (QED) is 0.373. The molecule has 2 heterocycles. The van der Waals surface area contributed by atoms with Gasteiger partial charge in [0, 0.05) is 49.7 Å². The highest BCUT2D eigenvalue weighted by molar-refractivity contribution is 5.83. The lowest BCUT2D eigenvalue weighted by molar-refractivity contribution is -0.128. The van der Waals surface area contributed by atoms with Gasteiger partial charge in [-0.1, -0.05) is 24.3 Å². The van der Waals surface area contributed by atoms with Crippen molar-refractivity contribution >= 4 is 22.8 Å². The van der Waals surface area contributed by atoms with Gasteiger partial charge in [-0.05, 0) is 54.7 Å². The molecule has 0 spiro atoms. The van der Waals surface area contributed by atoms with E-state index in [1.807, 2.05) is 24.1 Å². The van der Waals surface area contributed by atoms with Gasteiger partial charge in [-0.3, -0.25) is 4.79 Å². The minimum absolute atomic E-state index is 0.225. The number of carbonyl (C=O) groups excluding carboxylic acids is 1. The minimum atomic E-state index is -0.225. The van der Waals surface area contributed by atoms with E-state index in [1.165, 1.54) is 6.07 Å². The smallest absolute Gasteiger partial charge is 0.222 e. The monoisotopic (exact) mass is 435 g/mol. The number of nitrogens with zero attached hydrogens (tertiary/aromatic N) is 2. The maximum Gasteiger partial charge on any atom is 0.222 e. The summed E-state index contributed by atoms with van der Waals surface area (Å²) in [6, 6.07) is 13.1. The highest BCUT2D eigenvalue weighted by atomic mass is 19.1. The molecule has 1 aromatic heterocycles. The zero-order chi connectivity index (χ0) is 22.3. The lowest BCUT2D eigenvalue weighted by Crippen LogP contribution is -2.38. The van der Waals surface area contributed by atoms with Gasteiger partial charge in [0.05, 0.1) is 6.54 Å². The van der Waals surface area contributed by atoms with E-state index in [9.17, 15) is 9.18 Å². The average molecular weight is 436 g/mol. The Kier molecular flexibility index (Phi) is 7.04. The summed E-state index contributed by atoms with van der Waals surface area (Å²) in [7, 11) is 0. The summed E-state index contributed by atoms with van der Waals surface area (Å²) < 4.78 is 13.6. The third-order valence-electron chi connectivity index (χ3n) is 5.72. The van der Waals surface area contributed by atoms with Crippen LogP contribution in [-0.4, -0.2) is 41.4 Å². The second-order valence-corrected chi connectivity index (χ2v) is 8.11. The summed E-state index contributed by atoms with van der Waals surface area (Å²) in [6.07, 6.45) is 4.31. The number of fused-ring (bicyclic) bond motifs is 1. The van der Waals surface area contributed by atoms with Crippen molar-refractivity contribution < 1.29 is 9.18 Å². The Bertz CT molecular complexity index is 1110. The Morgan fingerprint density at radius 2 is 2.06 bits per heavy atom. The molecule has 1 aliphatic rings. The number of aliphatic imine (C=N–C) groups is 1. The first-order valence-electron chi connectivity index (χ1n) is 11.3. The van der Waals surface area contributed by atoms with Gasteiger partial charge < -0.3 is 20.5 Å². The first-order chi connectivity index (χ1) is 15.6. The van der Waals surface area contributed by atoms with Gasteiger partial charge >= 0.3 is 0 Å². The van der Waals surface area contributed by atoms with Crippen LogP contribution in [0.1, 0.15) is 36.5 Å². The highest BCUT2D eigenvalue weighted by Crippen LogP contribution is 2.19. The number of aromatic nitrogens is 1. The van der Waals surface area contributed by atoms with Crippen molar-refractivity contribution in [3.63, 3.8) is 0 Å². The van der Waals surface area contributed by atoms with Gasteiger partial charge in [0.1, 0.15) is 5.82 Å². The number of rotatable bonds is 8. The molecule has 7 heteroatoms. The number of halogens is 1. The van der Waals surface area contributed by atoms with Gasteiger partial charge in [0.25, 0.3) is 0 Å². The lowest BCUT2D eigenvalue weighted by Gasteiger charge is -2.16. The van der Waals surface area contributed by atoms with Crippen LogP contribution in [0, 0.1) is 5.82 Å². The molecule has 168 valence electrons. The average Bonchev–Trinajstić information content (AvgIpc) is 3.38. The van der Waals surface area contributed by atoms with E-state index in [0.29, 0.717) is 26.1 Å². The summed E-state index contributed by atoms with van der Waals surface area (Å²) in [4.78, 5) is 21.7. The molecular formula is C25H30FN5O. The van der Waals surface area contributed by atoms with Crippen molar-refractivity contribution in [3.8, 4) is 0 Å². The maximum atomic E-state index is 13.6. The van der Waals surface area contributed by atoms with E-state index in [1.54, 1.807) is 12.1 Å². The predicted molar refractivity (Wildman–Crippen MR) is 126 cm³/mol. The number of hydrogen-bond acceptors (Lipinski definition) is 2. The summed E-state index contributed by atoms with van der Waals surface area (Å²) >= 11 is 0. The SMILES string of the molecule is CCNC(=NCc1cccc(CN2CCCC2=O)c1)NCCc1c[nH]c2ccc(F)cc12. The number of H-pyrrole nitrogens is 1. The fourth-order valence-corrected chi connectivity index (χ4v) is 4.10. The Hall–Kier alpha value is -3.35. The van der Waals surface area contributed by atoms with Crippen LogP contribution >= 0.6 is 0 Å². The second-order valence-electron chi connectivity index (χ2n) is 8.11.